The fourth-order valence-corrected chi connectivity index (χ4v) is 30.1. The van der Waals surface area contributed by atoms with Gasteiger partial charge in [-0.05, 0) is 171 Å². The van der Waals surface area contributed by atoms with Gasteiger partial charge in [-0.2, -0.15) is 60.3 Å². The van der Waals surface area contributed by atoms with Crippen molar-refractivity contribution in [3.05, 3.63) is 114 Å². The van der Waals surface area contributed by atoms with E-state index in [1.807, 2.05) is 85.7 Å². The summed E-state index contributed by atoms with van der Waals surface area (Å²) in [5.74, 6) is 7.17. The molecule has 44 heteroatoms. The Morgan fingerprint density at radius 2 is 0.793 bits per heavy atom. The molecule has 14 aliphatic rings. The van der Waals surface area contributed by atoms with E-state index in [2.05, 4.69) is 168 Å². The molecule has 0 radical (unpaired) electrons. The van der Waals surface area contributed by atoms with Crippen LogP contribution in [0, 0.1) is 83.0 Å². The average molecular weight is 1980 g/mol. The van der Waals surface area contributed by atoms with Gasteiger partial charge in [-0.15, -0.1) is 51.0 Å². The van der Waals surface area contributed by atoms with Crippen LogP contribution < -0.4 is 0 Å². The Hall–Kier alpha value is -12.8. The predicted molar refractivity (Wildman–Crippen MR) is 520 cm³/mol. The smallest absolute Gasteiger partial charge is 0.282 e. The lowest BCUT2D eigenvalue weighted by Crippen LogP contribution is -2.55. The molecular weight excluding hydrogens is 1850 g/mol. The molecule has 12 aliphatic carbocycles. The van der Waals surface area contributed by atoms with E-state index in [0.29, 0.717) is 128 Å². The Morgan fingerprint density at radius 3 is 1.19 bits per heavy atom. The number of nitriles is 1. The largest absolute Gasteiger partial charge is 0.515 e. The van der Waals surface area contributed by atoms with Crippen LogP contribution in [-0.4, -0.2) is 232 Å². The van der Waals surface area contributed by atoms with Gasteiger partial charge in [0.25, 0.3) is 6.04 Å². The van der Waals surface area contributed by atoms with Gasteiger partial charge in [0.1, 0.15) is 51.8 Å². The summed E-state index contributed by atoms with van der Waals surface area (Å²) in [7, 11) is 18.6. The Morgan fingerprint density at radius 1 is 0.428 bits per heavy atom. The van der Waals surface area contributed by atoms with Gasteiger partial charge in [0.05, 0.1) is 101 Å². The van der Waals surface area contributed by atoms with Gasteiger partial charge >= 0.3 is 0 Å². The van der Waals surface area contributed by atoms with Gasteiger partial charge in [-0.1, -0.05) is 88.2 Å². The summed E-state index contributed by atoms with van der Waals surface area (Å²) >= 11 is 0. The van der Waals surface area contributed by atoms with Crippen LogP contribution >= 0.6 is 0 Å². The number of hydrogen-bond donors (Lipinski definition) is 2. The van der Waals surface area contributed by atoms with Crippen LogP contribution in [0.15, 0.2) is 22.6 Å². The lowest BCUT2D eigenvalue weighted by Gasteiger charge is -2.53. The van der Waals surface area contributed by atoms with Crippen LogP contribution in [0.4, 0.5) is 0 Å². The van der Waals surface area contributed by atoms with Crippen molar-refractivity contribution in [3.8, 4) is 63.7 Å². The predicted octanol–water partition coefficient (Wildman–Crippen LogP) is 9.90. The number of aromatic nitrogens is 33. The molecule has 14 heterocycles. The van der Waals surface area contributed by atoms with Crippen LogP contribution in [0.2, 0.25) is 0 Å². The van der Waals surface area contributed by atoms with E-state index >= 15 is 0 Å². The number of aliphatic hydroxyl groups excluding tert-OH is 1. The molecule has 2 aliphatic heterocycles. The van der Waals surface area contributed by atoms with E-state index in [4.69, 9.17) is 60.6 Å². The number of Topliss-reactive ketones (excluding diaryl/α,β-unsaturated/α-hetero) is 3. The first kappa shape index (κ1) is 98.2. The van der Waals surface area contributed by atoms with E-state index in [1.54, 1.807) is 32.9 Å². The van der Waals surface area contributed by atoms with E-state index in [0.717, 1.165) is 196 Å². The monoisotopic (exact) mass is 1980 g/mol. The number of aliphatic hydroxyl groups is 1. The minimum atomic E-state index is -0.567. The van der Waals surface area contributed by atoms with Crippen LogP contribution in [0.25, 0.3) is 62.4 Å². The van der Waals surface area contributed by atoms with Crippen molar-refractivity contribution in [2.75, 3.05) is 26.4 Å². The molecule has 12 aromatic rings. The highest BCUT2D eigenvalue weighted by Gasteiger charge is 2.63. The second kappa shape index (κ2) is 36.1. The number of carbonyl (C=O) groups is 3. The zero-order valence-corrected chi connectivity index (χ0v) is 87.3. The molecule has 766 valence electrons. The maximum absolute atomic E-state index is 12.5. The third-order valence-corrected chi connectivity index (χ3v) is 37.4. The van der Waals surface area contributed by atoms with Gasteiger partial charge in [0, 0.05) is 180 Å². The van der Waals surface area contributed by atoms with Crippen LogP contribution in [0.3, 0.4) is 0 Å². The highest BCUT2D eigenvalue weighted by atomic mass is 16.7. The number of ketones is 3. The average Bonchev–Trinajstić information content (AvgIpc) is 1.65. The molecular formula is C101H133N35O9. The molecule has 0 aromatic carbocycles. The number of nitrogens with zero attached hydrogens (tertiary/aromatic N) is 34. The van der Waals surface area contributed by atoms with E-state index < -0.39 is 6.04 Å². The number of H-pyrrole nitrogens is 1. The first-order chi connectivity index (χ1) is 69.2. The van der Waals surface area contributed by atoms with Crippen molar-refractivity contribution in [2.24, 2.45) is 136 Å². The third-order valence-electron chi connectivity index (χ3n) is 37.4. The van der Waals surface area contributed by atoms with Crippen LogP contribution in [0.5, 0.6) is 0 Å². The number of ether oxygens (including phenoxy) is 4. The second-order valence-electron chi connectivity index (χ2n) is 45.0. The van der Waals surface area contributed by atoms with Crippen molar-refractivity contribution >= 4 is 17.3 Å². The quantitative estimate of drug-likeness (QED) is 0.0918. The summed E-state index contributed by atoms with van der Waals surface area (Å²) in [6, 6.07) is 1.76. The highest BCUT2D eigenvalue weighted by Crippen LogP contribution is 2.63. The van der Waals surface area contributed by atoms with Gasteiger partial charge in [-0.3, -0.25) is 42.5 Å². The molecule has 2 N–H and O–H groups in total. The molecule has 0 amide bonds. The Kier molecular flexibility index (Phi) is 24.5. The number of fused-ring (bicyclic) bond motifs is 19. The van der Waals surface area contributed by atoms with Gasteiger partial charge < -0.3 is 33.4 Å². The summed E-state index contributed by atoms with van der Waals surface area (Å²) < 4.78 is 40.9. The van der Waals surface area contributed by atoms with E-state index in [9.17, 15) is 24.8 Å². The van der Waals surface area contributed by atoms with Crippen molar-refractivity contribution in [3.63, 3.8) is 0 Å². The normalized spacial score (nSPS) is 31.4. The summed E-state index contributed by atoms with van der Waals surface area (Å²) in [5, 5.41) is 117. The highest BCUT2D eigenvalue weighted by molar-refractivity contribution is 5.98. The standard InChI is InChI=1S/C18H26N6O2.C17H21N7O.C17H22N6O2.C17H23N3O2.C16H19N7O.C16H22N6O/c1-11-13-6-5-12-14(16-19-22-24(4)21-16)23(3)20-15(12)17(13,2)7-8-18(11)25-9-10-26-18;1-9-11-7-6-10-13(16-19-22-24(5)21-16)23(4)20-15(10)17(11,2)8-12(18-3)14(9)25;1-9-12-6-5-11-13(16-18-21-23(4)20-16)22(3)19-15(11)17(12,2)7-10(8-24)14(9)25;1-11-13-5-4-12-14(10-18)20(3)19-15(12)16(13,2)6-7-17(11)21-8-9-22-17;1-8-11-5-4-10-12(15-18-21-22-19-15)23(3)20-14(10)16(11,2)6-9-7-17-24-13(8)9;1-9-11-6-5-10-13(15-17-20-22(4)19-15)21(3)18-14(10)16(11,2)8-7-12(9)23/h11,13H,5-10H2,1-4H3;9,11-12H,6-8H2,1-2,4-5H3;8-9,12,24H,5-7H2,1-4H3;11,13H,4-9H2,1-3H3;7-8,11H,4-6H2,1-3H3,(H,18,19,21,22);9,11H,5-8H2,1-4H3/b;;10-8-;;;/t11-,13-,17-;9-,11-,12?,17-;9-,12-,17-;11-,13-,16-;8-,11-,16-;9-,11-,16-/m000000/s1. The Balaban J connectivity index is 0.000000102. The maximum atomic E-state index is 12.5. The number of aryl methyl sites for hydroxylation is 10. The number of aromatic amines is 1. The zero-order valence-electron chi connectivity index (χ0n) is 87.3. The van der Waals surface area contributed by atoms with Crippen LogP contribution in [-0.2, 0) is 181 Å². The minimum absolute atomic E-state index is 0.0225. The molecule has 145 heavy (non-hydrogen) atoms. The molecule has 2 spiro atoms. The minimum Gasteiger partial charge on any atom is -0.515 e. The second-order valence-corrected chi connectivity index (χ2v) is 45.0. The van der Waals surface area contributed by atoms with Crippen LogP contribution in [0.1, 0.15) is 263 Å². The number of carbonyl (C=O) groups excluding carboxylic acids is 3. The molecule has 26 rings (SSSR count). The Bertz CT molecular complexity index is 7160. The van der Waals surface area contributed by atoms with Gasteiger partial charge in [0.15, 0.2) is 17.4 Å². The summed E-state index contributed by atoms with van der Waals surface area (Å²) in [4.78, 5) is 46.6. The topological polar surface area (TPSA) is 498 Å². The maximum Gasteiger partial charge on any atom is 0.282 e. The first-order valence-corrected chi connectivity index (χ1v) is 51.5. The van der Waals surface area contributed by atoms with Gasteiger partial charge in [-0.25, -0.2) is 6.57 Å². The first-order valence-electron chi connectivity index (χ1n) is 51.5. The number of tetrazole rings is 5. The molecule has 19 atom stereocenters. The van der Waals surface area contributed by atoms with Crippen molar-refractivity contribution in [1.29, 1.82) is 5.26 Å². The summed E-state index contributed by atoms with van der Waals surface area (Å²) in [6.45, 7) is 36.7. The lowest BCUT2D eigenvalue weighted by molar-refractivity contribution is -0.234. The van der Waals surface area contributed by atoms with Crippen molar-refractivity contribution in [1.82, 2.24) is 165 Å². The fraction of sp³-hybridized carbons (Fsp3) is 0.673. The molecule has 12 aromatic heterocycles. The Labute approximate surface area is 840 Å². The number of hydrogen-bond acceptors (Lipinski definition) is 32. The number of allylic oxidation sites excluding steroid dienone is 1. The molecule has 0 bridgehead atoms. The molecule has 7 fully saturated rings. The lowest BCUT2D eigenvalue weighted by atomic mass is 9.55. The SMILES string of the molecule is C[C@@H]1C(=O)/C(=C\O)C[C@]2(C)c3nn(C)c(-c4nnn(C)n4)c3CC[C@@H]12.C[C@@H]1C(=O)CC[C@]2(C)c3nn(C)c(-c4nnn(C)n4)c3CC[C@@H]12.C[C@@H]1c2oncc2C[C@]2(C)c3nn(C)c(-c4nn[nH]n4)c3CC[C@@H]12.C[C@H]1[C@@H]2CCc3c(nn(C)c3-c3nnn(C)n3)[C@@]2(C)CCC12OCCO2.C[C@H]1[C@@H]2CCc3c(nn(C)c3C#N)[C@@]2(C)CCC12OCCO2.[C-]#[N+]C1C[C@]2(C)c3nn(C)c(-c4nnn(C)n4)c3CC[C@H]2[C@H](C)C1=O. The summed E-state index contributed by atoms with van der Waals surface area (Å²) in [6.07, 6.45) is 21.9. The zero-order chi connectivity index (χ0) is 102. The molecule has 44 nitrogen and oxygen atoms in total. The van der Waals surface area contributed by atoms with Crippen molar-refractivity contribution < 1.29 is 43.0 Å². The molecule has 5 saturated carbocycles. The third kappa shape index (κ3) is 15.4. The molecule has 2 saturated heterocycles. The van der Waals surface area contributed by atoms with E-state index in [-0.39, 0.29) is 85.2 Å². The van der Waals surface area contributed by atoms with Gasteiger partial charge in [0.2, 0.25) is 34.9 Å². The van der Waals surface area contributed by atoms with E-state index in [1.165, 1.54) is 58.4 Å². The fourth-order valence-electron chi connectivity index (χ4n) is 30.1. The van der Waals surface area contributed by atoms with Crippen molar-refractivity contribution in [2.45, 2.75) is 274 Å². The molecule has 1 unspecified atom stereocenters. The number of nitrogens with one attached hydrogen (secondary N) is 1. The number of rotatable bonds is 5. The summed E-state index contributed by atoms with van der Waals surface area (Å²) in [5.41, 5.74) is 20.5.